The molecule has 4 heterocycles. The van der Waals surface area contributed by atoms with Crippen LogP contribution in [0.2, 0.25) is 0 Å². The maximum absolute atomic E-state index is 14.1. The van der Waals surface area contributed by atoms with Crippen LogP contribution in [0.15, 0.2) is 94.6 Å². The first-order valence-corrected chi connectivity index (χ1v) is 16.2. The van der Waals surface area contributed by atoms with Gasteiger partial charge in [-0.1, -0.05) is 78.5 Å². The average Bonchev–Trinajstić information content (AvgIpc) is 3.70. The van der Waals surface area contributed by atoms with Crippen LogP contribution in [0, 0.1) is 0 Å². The first-order chi connectivity index (χ1) is 20.9. The smallest absolute Gasteiger partial charge is 0.356 e. The van der Waals surface area contributed by atoms with E-state index >= 15 is 0 Å². The van der Waals surface area contributed by atoms with E-state index < -0.39 is 35.3 Å². The summed E-state index contributed by atoms with van der Waals surface area (Å²) < 4.78 is 7.70. The second-order valence-corrected chi connectivity index (χ2v) is 12.9. The van der Waals surface area contributed by atoms with E-state index in [1.807, 2.05) is 72.1 Å². The summed E-state index contributed by atoms with van der Waals surface area (Å²) in [5, 5.41) is 24.6. The van der Waals surface area contributed by atoms with Gasteiger partial charge in [0.1, 0.15) is 11.1 Å². The van der Waals surface area contributed by atoms with Gasteiger partial charge in [-0.3, -0.25) is 19.7 Å². The molecule has 1 N–H and O–H groups in total. The largest absolute Gasteiger partial charge is 0.448 e. The van der Waals surface area contributed by atoms with E-state index in [9.17, 15) is 19.6 Å². The molecule has 220 valence electrons. The number of benzene rings is 2. The lowest BCUT2D eigenvalue weighted by Gasteiger charge is -2.51. The van der Waals surface area contributed by atoms with Gasteiger partial charge in [0, 0.05) is 23.4 Å². The van der Waals surface area contributed by atoms with Gasteiger partial charge in [0.25, 0.3) is 11.8 Å². The van der Waals surface area contributed by atoms with Crippen LogP contribution in [-0.2, 0) is 32.6 Å². The van der Waals surface area contributed by atoms with E-state index in [-0.39, 0.29) is 12.1 Å². The predicted molar refractivity (Wildman–Crippen MR) is 161 cm³/mol. The number of thiophene rings is 1. The van der Waals surface area contributed by atoms with Gasteiger partial charge in [-0.05, 0) is 38.6 Å². The summed E-state index contributed by atoms with van der Waals surface area (Å²) in [5.41, 5.74) is 2.34. The summed E-state index contributed by atoms with van der Waals surface area (Å²) >= 11 is 4.11. The zero-order valence-corrected chi connectivity index (χ0v) is 25.3. The minimum Gasteiger partial charge on any atom is -0.448 e. The van der Waals surface area contributed by atoms with Crippen molar-refractivity contribution in [2.24, 2.45) is 7.05 Å². The number of tetrazole rings is 1. The number of carbonyl (C=O) groups excluding carboxylic acids is 3. The van der Waals surface area contributed by atoms with Gasteiger partial charge in [0.15, 0.2) is 12.1 Å². The Hall–Kier alpha value is -3.98. The van der Waals surface area contributed by atoms with Crippen LogP contribution in [0.3, 0.4) is 0 Å². The van der Waals surface area contributed by atoms with Crippen LogP contribution in [0.25, 0.3) is 0 Å². The Labute approximate surface area is 259 Å². The molecule has 43 heavy (non-hydrogen) atoms. The summed E-state index contributed by atoms with van der Waals surface area (Å²) in [7, 11) is 1.72. The van der Waals surface area contributed by atoms with Gasteiger partial charge in [0.05, 0.1) is 6.42 Å². The Kier molecular flexibility index (Phi) is 8.61. The Morgan fingerprint density at radius 2 is 1.79 bits per heavy atom. The van der Waals surface area contributed by atoms with Crippen molar-refractivity contribution < 1.29 is 24.3 Å². The maximum atomic E-state index is 14.1. The van der Waals surface area contributed by atoms with Crippen LogP contribution in [0.5, 0.6) is 0 Å². The van der Waals surface area contributed by atoms with Gasteiger partial charge < -0.3 is 4.74 Å². The maximum Gasteiger partial charge on any atom is 0.356 e. The lowest BCUT2D eigenvalue weighted by molar-refractivity contribution is -0.197. The molecule has 0 radical (unpaired) electrons. The van der Waals surface area contributed by atoms with Crippen molar-refractivity contribution >= 4 is 52.6 Å². The minimum absolute atomic E-state index is 0.0243. The summed E-state index contributed by atoms with van der Waals surface area (Å²) in [5.74, 6) is -1.10. The summed E-state index contributed by atoms with van der Waals surface area (Å²) in [6.07, 6.45) is -0.745. The van der Waals surface area contributed by atoms with Crippen molar-refractivity contribution in [3.8, 4) is 0 Å². The van der Waals surface area contributed by atoms with Crippen molar-refractivity contribution in [2.45, 2.75) is 29.1 Å². The van der Waals surface area contributed by atoms with Crippen molar-refractivity contribution in [1.82, 2.24) is 30.2 Å². The van der Waals surface area contributed by atoms with Gasteiger partial charge in [0.2, 0.25) is 5.16 Å². The molecule has 2 aromatic carbocycles. The topological polar surface area (TPSA) is 131 Å². The fourth-order valence-electron chi connectivity index (χ4n) is 4.90. The minimum atomic E-state index is -1.11. The van der Waals surface area contributed by atoms with E-state index in [0.29, 0.717) is 27.3 Å². The third kappa shape index (κ3) is 5.95. The number of hydrogen-bond donors (Lipinski definition) is 1. The van der Waals surface area contributed by atoms with E-state index in [0.717, 1.165) is 16.0 Å². The molecule has 2 aliphatic heterocycles. The second-order valence-electron chi connectivity index (χ2n) is 9.78. The van der Waals surface area contributed by atoms with Gasteiger partial charge in [-0.2, -0.15) is 0 Å². The molecule has 14 heteroatoms. The Balaban J connectivity index is 1.29. The zero-order chi connectivity index (χ0) is 29.9. The summed E-state index contributed by atoms with van der Waals surface area (Å²) in [6.45, 7) is 0. The molecule has 0 bridgehead atoms. The third-order valence-corrected chi connectivity index (χ3v) is 10.3. The van der Waals surface area contributed by atoms with Gasteiger partial charge in [-0.25, -0.2) is 14.5 Å². The third-order valence-electron chi connectivity index (χ3n) is 7.02. The first kappa shape index (κ1) is 29.1. The number of hydroxylamine groups is 2. The lowest BCUT2D eigenvalue weighted by atomic mass is 10.0. The Morgan fingerprint density at radius 3 is 2.40 bits per heavy atom. The number of nitrogens with zero attached hydrogens (tertiary/aromatic N) is 6. The number of amides is 2. The van der Waals surface area contributed by atoms with E-state index in [1.54, 1.807) is 13.1 Å². The number of rotatable bonds is 10. The van der Waals surface area contributed by atoms with Crippen molar-refractivity contribution in [1.29, 1.82) is 0 Å². The number of β-lactam (4-membered cyclic amide) rings is 1. The zero-order valence-electron chi connectivity index (χ0n) is 22.8. The Morgan fingerprint density at radius 1 is 1.09 bits per heavy atom. The van der Waals surface area contributed by atoms with Crippen LogP contribution >= 0.6 is 34.9 Å². The monoisotopic (exact) mass is 634 g/mol. The number of carbonyl (C=O) groups is 3. The number of aryl methyl sites for hydroxylation is 1. The highest BCUT2D eigenvalue weighted by Crippen LogP contribution is 2.44. The molecule has 2 atom stereocenters. The molecule has 0 saturated carbocycles. The van der Waals surface area contributed by atoms with E-state index in [1.165, 1.54) is 44.4 Å². The van der Waals surface area contributed by atoms with Crippen LogP contribution in [0.4, 0.5) is 0 Å². The van der Waals surface area contributed by atoms with Gasteiger partial charge in [-0.15, -0.1) is 28.2 Å². The molecule has 1 saturated heterocycles. The summed E-state index contributed by atoms with van der Waals surface area (Å²) in [6, 6.07) is 21.3. The van der Waals surface area contributed by atoms with Crippen molar-refractivity contribution in [3.05, 3.63) is 105 Å². The highest BCUT2D eigenvalue weighted by atomic mass is 32.2. The molecule has 2 aliphatic rings. The molecule has 0 spiro atoms. The number of thioether (sulfide) groups is 2. The highest BCUT2D eigenvalue weighted by Gasteiger charge is 2.57. The number of ether oxygens (including phenoxy) is 1. The SMILES string of the molecule is Cn1nnnc1SCC1=C(C(=O)OC(c2ccccc2)c2ccccc2)N2C(=O)C(N(O)C(=O)Cc3cccs3)C2SC1. The molecule has 0 aliphatic carbocycles. The van der Waals surface area contributed by atoms with Crippen molar-refractivity contribution in [2.75, 3.05) is 11.5 Å². The number of esters is 1. The first-order valence-electron chi connectivity index (χ1n) is 13.3. The molecule has 2 unspecified atom stereocenters. The highest BCUT2D eigenvalue weighted by molar-refractivity contribution is 8.01. The molecule has 4 aromatic rings. The molecular formula is C29H26N6O5S3. The van der Waals surface area contributed by atoms with E-state index in [4.69, 9.17) is 4.74 Å². The molecule has 2 aromatic heterocycles. The molecule has 11 nitrogen and oxygen atoms in total. The quantitative estimate of drug-likeness (QED) is 0.0906. The molecule has 2 amide bonds. The van der Waals surface area contributed by atoms with Crippen molar-refractivity contribution in [3.63, 3.8) is 0 Å². The average molecular weight is 635 g/mol. The molecule has 1 fully saturated rings. The second kappa shape index (κ2) is 12.7. The lowest BCUT2D eigenvalue weighted by Crippen LogP contribution is -2.71. The standard InChI is InChI=1S/C29H26N6O5S3/c1-33-29(30-31-32-33)43-17-20-16-42-27-24(35(39)22(36)15-21-13-8-14-41-21)26(37)34(27)23(20)28(38)40-25(18-9-4-2-5-10-18)19-11-6-3-7-12-19/h2-14,24-25,27,39H,15-17H2,1H3. The molecule has 6 rings (SSSR count). The van der Waals surface area contributed by atoms with E-state index in [2.05, 4.69) is 15.5 Å². The fourth-order valence-corrected chi connectivity index (χ4v) is 7.96. The van der Waals surface area contributed by atoms with Crippen LogP contribution in [-0.4, -0.2) is 76.1 Å². The number of hydrogen-bond acceptors (Lipinski definition) is 11. The predicted octanol–water partition coefficient (Wildman–Crippen LogP) is 3.69. The molecular weight excluding hydrogens is 609 g/mol. The number of aromatic nitrogens is 4. The van der Waals surface area contributed by atoms with Gasteiger partial charge >= 0.3 is 5.97 Å². The Bertz CT molecular complexity index is 1610. The number of fused-ring (bicyclic) bond motifs is 1. The summed E-state index contributed by atoms with van der Waals surface area (Å²) in [4.78, 5) is 42.6. The normalized spacial score (nSPS) is 17.9. The fraction of sp³-hybridized carbons (Fsp3) is 0.241. The van der Waals surface area contributed by atoms with Crippen LogP contribution in [0.1, 0.15) is 22.1 Å². The van der Waals surface area contributed by atoms with Crippen LogP contribution < -0.4 is 0 Å².